The van der Waals surface area contributed by atoms with Gasteiger partial charge in [0.25, 0.3) is 5.91 Å². The van der Waals surface area contributed by atoms with E-state index < -0.39 is 0 Å². The third-order valence-electron chi connectivity index (χ3n) is 3.15. The standard InChI is InChI=1S/C13H19N5O/c1-9(2)12-10(4-3-6-14)13(19)18(17-12)11-5-7-15-8-16-11/h5,7-10H,3-4,6,14H2,1-2H3. The molecule has 1 aliphatic rings. The van der Waals surface area contributed by atoms with Crippen molar-refractivity contribution in [3.63, 3.8) is 0 Å². The van der Waals surface area contributed by atoms with Gasteiger partial charge in [0, 0.05) is 12.3 Å². The molecule has 6 nitrogen and oxygen atoms in total. The van der Waals surface area contributed by atoms with Gasteiger partial charge in [0.05, 0.1) is 11.6 Å². The third-order valence-corrected chi connectivity index (χ3v) is 3.15. The topological polar surface area (TPSA) is 84.5 Å². The van der Waals surface area contributed by atoms with E-state index in [4.69, 9.17) is 5.73 Å². The number of hydrogen-bond acceptors (Lipinski definition) is 5. The molecule has 0 fully saturated rings. The quantitative estimate of drug-likeness (QED) is 0.862. The fourth-order valence-corrected chi connectivity index (χ4v) is 2.19. The molecule has 0 spiro atoms. The monoisotopic (exact) mass is 261 g/mol. The van der Waals surface area contributed by atoms with E-state index in [-0.39, 0.29) is 17.7 Å². The van der Waals surface area contributed by atoms with Crippen LogP contribution in [0.2, 0.25) is 0 Å². The van der Waals surface area contributed by atoms with E-state index in [0.29, 0.717) is 12.4 Å². The summed E-state index contributed by atoms with van der Waals surface area (Å²) in [6, 6.07) is 1.69. The number of carbonyl (C=O) groups excluding carboxylic acids is 1. The van der Waals surface area contributed by atoms with E-state index in [9.17, 15) is 4.79 Å². The summed E-state index contributed by atoms with van der Waals surface area (Å²) in [7, 11) is 0. The van der Waals surface area contributed by atoms with Crippen molar-refractivity contribution in [3.8, 4) is 0 Å². The Morgan fingerprint density at radius 1 is 1.47 bits per heavy atom. The lowest BCUT2D eigenvalue weighted by Gasteiger charge is -2.13. The molecule has 0 aliphatic carbocycles. The van der Waals surface area contributed by atoms with Crippen molar-refractivity contribution >= 4 is 17.4 Å². The molecule has 0 aromatic carbocycles. The molecule has 19 heavy (non-hydrogen) atoms. The highest BCUT2D eigenvalue weighted by molar-refractivity contribution is 6.15. The smallest absolute Gasteiger partial charge is 0.257 e. The molecule has 2 N–H and O–H groups in total. The fraction of sp³-hybridized carbons (Fsp3) is 0.538. The van der Waals surface area contributed by atoms with Crippen LogP contribution in [0.4, 0.5) is 5.82 Å². The van der Waals surface area contributed by atoms with Gasteiger partial charge in [-0.15, -0.1) is 0 Å². The van der Waals surface area contributed by atoms with Crippen molar-refractivity contribution in [2.45, 2.75) is 26.7 Å². The Morgan fingerprint density at radius 3 is 2.84 bits per heavy atom. The predicted molar refractivity (Wildman–Crippen MR) is 73.6 cm³/mol. The lowest BCUT2D eigenvalue weighted by Crippen LogP contribution is -2.29. The van der Waals surface area contributed by atoms with Gasteiger partial charge in [-0.25, -0.2) is 9.97 Å². The Kier molecular flexibility index (Phi) is 4.21. The molecule has 102 valence electrons. The van der Waals surface area contributed by atoms with Gasteiger partial charge in [-0.3, -0.25) is 4.79 Å². The van der Waals surface area contributed by atoms with Gasteiger partial charge in [0.15, 0.2) is 5.82 Å². The molecule has 1 aromatic heterocycles. The molecule has 0 saturated carbocycles. The zero-order valence-corrected chi connectivity index (χ0v) is 11.3. The average Bonchev–Trinajstić information content (AvgIpc) is 2.75. The largest absolute Gasteiger partial charge is 0.330 e. The molecule has 1 aliphatic heterocycles. The number of aromatic nitrogens is 2. The Morgan fingerprint density at radius 2 is 2.26 bits per heavy atom. The van der Waals surface area contributed by atoms with Crippen molar-refractivity contribution in [3.05, 3.63) is 18.6 Å². The third kappa shape index (κ3) is 2.78. The molecule has 0 bridgehead atoms. The van der Waals surface area contributed by atoms with Crippen molar-refractivity contribution in [1.82, 2.24) is 9.97 Å². The fourth-order valence-electron chi connectivity index (χ4n) is 2.19. The number of hydrazone groups is 1. The van der Waals surface area contributed by atoms with E-state index in [1.807, 2.05) is 13.8 Å². The van der Waals surface area contributed by atoms with Crippen molar-refractivity contribution < 1.29 is 4.79 Å². The Hall–Kier alpha value is -1.82. The van der Waals surface area contributed by atoms with Gasteiger partial charge in [-0.1, -0.05) is 13.8 Å². The SMILES string of the molecule is CC(C)C1=NN(c2ccncn2)C(=O)C1CCCN. The van der Waals surface area contributed by atoms with E-state index in [1.165, 1.54) is 11.3 Å². The van der Waals surface area contributed by atoms with E-state index in [1.54, 1.807) is 12.3 Å². The second kappa shape index (κ2) is 5.88. The summed E-state index contributed by atoms with van der Waals surface area (Å²) < 4.78 is 0. The Labute approximate surface area is 112 Å². The number of amides is 1. The van der Waals surface area contributed by atoms with Gasteiger partial charge < -0.3 is 5.73 Å². The number of nitrogens with two attached hydrogens (primary N) is 1. The minimum atomic E-state index is -0.168. The number of nitrogens with zero attached hydrogens (tertiary/aromatic N) is 4. The normalized spacial score (nSPS) is 19.2. The van der Waals surface area contributed by atoms with Crippen LogP contribution in [0.25, 0.3) is 0 Å². The molecule has 6 heteroatoms. The summed E-state index contributed by atoms with van der Waals surface area (Å²) in [5.41, 5.74) is 6.45. The van der Waals surface area contributed by atoms with E-state index >= 15 is 0 Å². The summed E-state index contributed by atoms with van der Waals surface area (Å²) in [4.78, 5) is 20.4. The molecule has 2 heterocycles. The minimum Gasteiger partial charge on any atom is -0.330 e. The second-order valence-corrected chi connectivity index (χ2v) is 4.88. The van der Waals surface area contributed by atoms with Crippen LogP contribution in [0.3, 0.4) is 0 Å². The van der Waals surface area contributed by atoms with Crippen molar-refractivity contribution in [1.29, 1.82) is 0 Å². The summed E-state index contributed by atoms with van der Waals surface area (Å²) in [5, 5.41) is 5.83. The first-order chi connectivity index (χ1) is 9.15. The summed E-state index contributed by atoms with van der Waals surface area (Å²) >= 11 is 0. The molecular weight excluding hydrogens is 242 g/mol. The molecule has 2 rings (SSSR count). The first-order valence-corrected chi connectivity index (χ1v) is 6.53. The van der Waals surface area contributed by atoms with Crippen LogP contribution in [-0.4, -0.2) is 28.1 Å². The maximum Gasteiger partial charge on any atom is 0.257 e. The van der Waals surface area contributed by atoms with Crippen molar-refractivity contribution in [2.24, 2.45) is 22.7 Å². The zero-order chi connectivity index (χ0) is 13.8. The average molecular weight is 261 g/mol. The van der Waals surface area contributed by atoms with Gasteiger partial charge in [0.1, 0.15) is 6.33 Å². The van der Waals surface area contributed by atoms with Gasteiger partial charge in [-0.2, -0.15) is 10.1 Å². The number of hydrogen-bond donors (Lipinski definition) is 1. The van der Waals surface area contributed by atoms with Crippen LogP contribution in [0, 0.1) is 11.8 Å². The number of rotatable bonds is 5. The first-order valence-electron chi connectivity index (χ1n) is 6.53. The lowest BCUT2D eigenvalue weighted by molar-refractivity contribution is -0.120. The van der Waals surface area contributed by atoms with Crippen LogP contribution < -0.4 is 10.7 Å². The van der Waals surface area contributed by atoms with E-state index in [2.05, 4.69) is 15.1 Å². The molecule has 0 radical (unpaired) electrons. The second-order valence-electron chi connectivity index (χ2n) is 4.88. The molecule has 0 saturated heterocycles. The van der Waals surface area contributed by atoms with Crippen LogP contribution in [0.15, 0.2) is 23.7 Å². The Balaban J connectivity index is 2.26. The maximum absolute atomic E-state index is 12.4. The maximum atomic E-state index is 12.4. The minimum absolute atomic E-state index is 0.0177. The summed E-state index contributed by atoms with van der Waals surface area (Å²) in [6.07, 6.45) is 4.58. The van der Waals surface area contributed by atoms with E-state index in [0.717, 1.165) is 18.6 Å². The lowest BCUT2D eigenvalue weighted by atomic mass is 9.90. The molecule has 1 amide bonds. The van der Waals surface area contributed by atoms with Gasteiger partial charge in [0.2, 0.25) is 0 Å². The highest BCUT2D eigenvalue weighted by atomic mass is 16.2. The van der Waals surface area contributed by atoms with Gasteiger partial charge in [-0.05, 0) is 25.3 Å². The highest BCUT2D eigenvalue weighted by Crippen LogP contribution is 2.27. The summed E-state index contributed by atoms with van der Waals surface area (Å²) in [6.45, 7) is 4.68. The zero-order valence-electron chi connectivity index (χ0n) is 11.3. The highest BCUT2D eigenvalue weighted by Gasteiger charge is 2.37. The van der Waals surface area contributed by atoms with Crippen molar-refractivity contribution in [2.75, 3.05) is 11.6 Å². The van der Waals surface area contributed by atoms with Crippen LogP contribution >= 0.6 is 0 Å². The summed E-state index contributed by atoms with van der Waals surface area (Å²) in [5.74, 6) is 0.571. The Bertz CT molecular complexity index is 471. The molecule has 1 aromatic rings. The van der Waals surface area contributed by atoms with Crippen LogP contribution in [-0.2, 0) is 4.79 Å². The van der Waals surface area contributed by atoms with Crippen LogP contribution in [0.1, 0.15) is 26.7 Å². The molecule has 1 unspecified atom stereocenters. The van der Waals surface area contributed by atoms with Gasteiger partial charge >= 0.3 is 0 Å². The first kappa shape index (κ1) is 13.6. The van der Waals surface area contributed by atoms with Crippen LogP contribution in [0.5, 0.6) is 0 Å². The molecular formula is C13H19N5O. The number of anilines is 1. The number of carbonyl (C=O) groups is 1. The predicted octanol–water partition coefficient (Wildman–Crippen LogP) is 1.19. The molecule has 1 atom stereocenters.